The van der Waals surface area contributed by atoms with Gasteiger partial charge in [0.1, 0.15) is 18.0 Å². The standard InChI is InChI=1S/C21H19F3N6O/c1-14-28-17-4-2-3-5-18(17)29(14)30(16-8-6-15(7-9-16)21(22,23)24)20-12-19(25-10-11-31)26-13-27-20/h2-9,12-13,31H,10-11H2,1H3,(H,25,26,27). The summed E-state index contributed by atoms with van der Waals surface area (Å²) >= 11 is 0. The lowest BCUT2D eigenvalue weighted by Gasteiger charge is -2.27. The fourth-order valence-corrected chi connectivity index (χ4v) is 3.27. The highest BCUT2D eigenvalue weighted by Crippen LogP contribution is 2.34. The Balaban J connectivity index is 1.88. The zero-order valence-electron chi connectivity index (χ0n) is 16.5. The molecule has 0 amide bonds. The molecule has 0 saturated heterocycles. The molecular weight excluding hydrogens is 409 g/mol. The molecule has 0 radical (unpaired) electrons. The minimum atomic E-state index is -4.43. The van der Waals surface area contributed by atoms with Crippen molar-refractivity contribution in [1.82, 2.24) is 19.6 Å². The number of nitrogens with zero attached hydrogens (tertiary/aromatic N) is 5. The molecule has 160 valence electrons. The zero-order valence-corrected chi connectivity index (χ0v) is 16.5. The van der Waals surface area contributed by atoms with Crippen molar-refractivity contribution in [3.63, 3.8) is 0 Å². The minimum absolute atomic E-state index is 0.0762. The first kappa shape index (κ1) is 20.6. The number of benzene rings is 2. The van der Waals surface area contributed by atoms with Crippen molar-refractivity contribution in [2.24, 2.45) is 0 Å². The van der Waals surface area contributed by atoms with E-state index in [1.807, 2.05) is 31.2 Å². The second-order valence-corrected chi connectivity index (χ2v) is 6.73. The Morgan fingerprint density at radius 3 is 2.52 bits per heavy atom. The highest BCUT2D eigenvalue weighted by Gasteiger charge is 2.30. The van der Waals surface area contributed by atoms with Crippen LogP contribution in [0.25, 0.3) is 11.0 Å². The van der Waals surface area contributed by atoms with Gasteiger partial charge in [0.25, 0.3) is 0 Å². The Morgan fingerprint density at radius 1 is 1.06 bits per heavy atom. The van der Waals surface area contributed by atoms with Gasteiger partial charge in [0.2, 0.25) is 0 Å². The number of hydrogen-bond acceptors (Lipinski definition) is 6. The highest BCUT2D eigenvalue weighted by molar-refractivity contribution is 5.78. The number of aliphatic hydroxyl groups excluding tert-OH is 1. The molecule has 2 aromatic heterocycles. The van der Waals surface area contributed by atoms with Gasteiger partial charge in [0.05, 0.1) is 28.9 Å². The van der Waals surface area contributed by atoms with E-state index in [1.54, 1.807) is 15.8 Å². The summed E-state index contributed by atoms with van der Waals surface area (Å²) in [5.41, 5.74) is 1.23. The van der Waals surface area contributed by atoms with Gasteiger partial charge in [-0.2, -0.15) is 13.2 Å². The number of fused-ring (bicyclic) bond motifs is 1. The van der Waals surface area contributed by atoms with Crippen molar-refractivity contribution in [3.05, 3.63) is 72.3 Å². The number of aryl methyl sites for hydroxylation is 1. The van der Waals surface area contributed by atoms with E-state index in [2.05, 4.69) is 20.3 Å². The Morgan fingerprint density at radius 2 is 1.81 bits per heavy atom. The molecule has 4 rings (SSSR count). The molecule has 0 fully saturated rings. The predicted molar refractivity (Wildman–Crippen MR) is 111 cm³/mol. The molecule has 0 aliphatic rings. The fourth-order valence-electron chi connectivity index (χ4n) is 3.27. The largest absolute Gasteiger partial charge is 0.416 e. The van der Waals surface area contributed by atoms with E-state index >= 15 is 0 Å². The second-order valence-electron chi connectivity index (χ2n) is 6.73. The number of anilines is 3. The summed E-state index contributed by atoms with van der Waals surface area (Å²) in [7, 11) is 0. The third kappa shape index (κ3) is 4.15. The van der Waals surface area contributed by atoms with Crippen LogP contribution in [-0.2, 0) is 6.18 Å². The quantitative estimate of drug-likeness (QED) is 0.480. The van der Waals surface area contributed by atoms with E-state index in [-0.39, 0.29) is 6.61 Å². The Kier molecular flexibility index (Phi) is 5.47. The molecule has 2 aromatic carbocycles. The summed E-state index contributed by atoms with van der Waals surface area (Å²) in [6, 6.07) is 14.0. The Labute approximate surface area is 175 Å². The Hall–Kier alpha value is -3.66. The number of rotatable bonds is 6. The van der Waals surface area contributed by atoms with E-state index in [0.29, 0.717) is 29.7 Å². The minimum Gasteiger partial charge on any atom is -0.395 e. The summed E-state index contributed by atoms with van der Waals surface area (Å²) in [6.07, 6.45) is -3.09. The zero-order chi connectivity index (χ0) is 22.0. The first-order valence-corrected chi connectivity index (χ1v) is 9.47. The normalized spacial score (nSPS) is 11.6. The lowest BCUT2D eigenvalue weighted by molar-refractivity contribution is -0.137. The van der Waals surface area contributed by atoms with Crippen molar-refractivity contribution in [1.29, 1.82) is 0 Å². The molecular formula is C21H19F3N6O. The van der Waals surface area contributed by atoms with Crippen LogP contribution >= 0.6 is 0 Å². The molecule has 2 heterocycles. The number of imidazole rings is 1. The monoisotopic (exact) mass is 428 g/mol. The summed E-state index contributed by atoms with van der Waals surface area (Å²) in [5, 5.41) is 13.7. The third-order valence-corrected chi connectivity index (χ3v) is 4.63. The number of alkyl halides is 3. The van der Waals surface area contributed by atoms with Gasteiger partial charge in [0, 0.05) is 12.6 Å². The molecule has 31 heavy (non-hydrogen) atoms. The maximum Gasteiger partial charge on any atom is 0.416 e. The summed E-state index contributed by atoms with van der Waals surface area (Å²) in [6.45, 7) is 2.03. The first-order valence-electron chi connectivity index (χ1n) is 9.47. The van der Waals surface area contributed by atoms with Gasteiger partial charge >= 0.3 is 6.18 Å². The fraction of sp³-hybridized carbons (Fsp3) is 0.190. The third-order valence-electron chi connectivity index (χ3n) is 4.63. The molecule has 0 unspecified atom stereocenters. The average Bonchev–Trinajstić information content (AvgIpc) is 3.08. The maximum atomic E-state index is 13.1. The van der Waals surface area contributed by atoms with Gasteiger partial charge in [-0.1, -0.05) is 12.1 Å². The predicted octanol–water partition coefficient (Wildman–Crippen LogP) is 4.16. The number of nitrogens with one attached hydrogen (secondary N) is 1. The molecule has 2 N–H and O–H groups in total. The molecule has 0 atom stereocenters. The topological polar surface area (TPSA) is 79.1 Å². The van der Waals surface area contributed by atoms with Gasteiger partial charge in [-0.25, -0.2) is 24.6 Å². The SMILES string of the molecule is Cc1nc2ccccc2n1N(c1ccc(C(F)(F)F)cc1)c1cc(NCCO)ncn1. The van der Waals surface area contributed by atoms with E-state index in [1.165, 1.54) is 18.5 Å². The molecule has 7 nitrogen and oxygen atoms in total. The molecule has 0 bridgehead atoms. The lowest BCUT2D eigenvalue weighted by Crippen LogP contribution is -2.26. The smallest absolute Gasteiger partial charge is 0.395 e. The molecule has 0 saturated carbocycles. The van der Waals surface area contributed by atoms with Crippen molar-refractivity contribution in [3.8, 4) is 0 Å². The Bertz CT molecular complexity index is 1190. The van der Waals surface area contributed by atoms with Crippen molar-refractivity contribution >= 4 is 28.4 Å². The second kappa shape index (κ2) is 8.23. The van der Waals surface area contributed by atoms with Crippen molar-refractivity contribution < 1.29 is 18.3 Å². The van der Waals surface area contributed by atoms with Crippen LogP contribution in [0.2, 0.25) is 0 Å². The van der Waals surface area contributed by atoms with Crippen LogP contribution in [-0.4, -0.2) is 37.9 Å². The number of aliphatic hydroxyl groups is 1. The average molecular weight is 428 g/mol. The first-order chi connectivity index (χ1) is 14.9. The van der Waals surface area contributed by atoms with Crippen LogP contribution in [0.4, 0.5) is 30.5 Å². The van der Waals surface area contributed by atoms with Gasteiger partial charge in [-0.15, -0.1) is 0 Å². The maximum absolute atomic E-state index is 13.1. The highest BCUT2D eigenvalue weighted by atomic mass is 19.4. The molecule has 0 spiro atoms. The van der Waals surface area contributed by atoms with Crippen LogP contribution in [0.15, 0.2) is 60.9 Å². The van der Waals surface area contributed by atoms with E-state index in [0.717, 1.165) is 23.2 Å². The van der Waals surface area contributed by atoms with Crippen LogP contribution in [0, 0.1) is 6.92 Å². The number of hydrogen-bond donors (Lipinski definition) is 2. The van der Waals surface area contributed by atoms with Gasteiger partial charge < -0.3 is 10.4 Å². The lowest BCUT2D eigenvalue weighted by atomic mass is 10.2. The molecule has 10 heteroatoms. The van der Waals surface area contributed by atoms with Gasteiger partial charge in [-0.3, -0.25) is 0 Å². The van der Waals surface area contributed by atoms with E-state index in [9.17, 15) is 13.2 Å². The van der Waals surface area contributed by atoms with Gasteiger partial charge in [-0.05, 0) is 43.3 Å². The summed E-state index contributed by atoms with van der Waals surface area (Å²) < 4.78 is 41.0. The molecule has 0 aliphatic heterocycles. The van der Waals surface area contributed by atoms with Gasteiger partial charge in [0.15, 0.2) is 5.82 Å². The summed E-state index contributed by atoms with van der Waals surface area (Å²) in [4.78, 5) is 13.0. The van der Waals surface area contributed by atoms with Crippen molar-refractivity contribution in [2.75, 3.05) is 23.5 Å². The number of aromatic nitrogens is 4. The van der Waals surface area contributed by atoms with Crippen molar-refractivity contribution in [2.45, 2.75) is 13.1 Å². The van der Waals surface area contributed by atoms with E-state index in [4.69, 9.17) is 5.11 Å². The molecule has 0 aliphatic carbocycles. The van der Waals surface area contributed by atoms with E-state index < -0.39 is 11.7 Å². The van der Waals surface area contributed by atoms with Crippen LogP contribution in [0.5, 0.6) is 0 Å². The number of para-hydroxylation sites is 2. The van der Waals surface area contributed by atoms with Crippen LogP contribution in [0.1, 0.15) is 11.4 Å². The number of halogens is 3. The van der Waals surface area contributed by atoms with Crippen LogP contribution in [0.3, 0.4) is 0 Å². The summed E-state index contributed by atoms with van der Waals surface area (Å²) in [5.74, 6) is 1.52. The van der Waals surface area contributed by atoms with Crippen LogP contribution < -0.4 is 10.3 Å². The molecule has 4 aromatic rings.